The summed E-state index contributed by atoms with van der Waals surface area (Å²) in [6, 6.07) is 18.3. The molecule has 1 saturated heterocycles. The molecule has 150 valence electrons. The van der Waals surface area contributed by atoms with Gasteiger partial charge in [-0.2, -0.15) is 0 Å². The number of imidazole rings is 1. The highest BCUT2D eigenvalue weighted by Gasteiger charge is 2.26. The molecule has 1 aliphatic rings. The SMILES string of the molecule is CN(C(=O)n1cnc(-c2ccc(N)cc2)c1)C1CCN(Cc2ccccc2)CC1. The van der Waals surface area contributed by atoms with Gasteiger partial charge in [0.1, 0.15) is 6.33 Å². The van der Waals surface area contributed by atoms with Gasteiger partial charge in [0.15, 0.2) is 0 Å². The molecule has 0 bridgehead atoms. The zero-order valence-electron chi connectivity index (χ0n) is 16.7. The Morgan fingerprint density at radius 3 is 2.48 bits per heavy atom. The van der Waals surface area contributed by atoms with Crippen molar-refractivity contribution in [3.63, 3.8) is 0 Å². The molecule has 6 heteroatoms. The third-order valence-electron chi connectivity index (χ3n) is 5.67. The van der Waals surface area contributed by atoms with E-state index >= 15 is 0 Å². The molecule has 0 radical (unpaired) electrons. The van der Waals surface area contributed by atoms with Gasteiger partial charge in [-0.3, -0.25) is 9.47 Å². The molecule has 0 saturated carbocycles. The number of piperidine rings is 1. The number of nitrogens with two attached hydrogens (primary N) is 1. The van der Waals surface area contributed by atoms with Crippen molar-refractivity contribution >= 4 is 11.7 Å². The van der Waals surface area contributed by atoms with Crippen LogP contribution in [0, 0.1) is 0 Å². The third kappa shape index (κ3) is 4.49. The van der Waals surface area contributed by atoms with Crippen LogP contribution in [0.25, 0.3) is 11.3 Å². The van der Waals surface area contributed by atoms with E-state index in [0.29, 0.717) is 5.69 Å². The summed E-state index contributed by atoms with van der Waals surface area (Å²) in [5, 5.41) is 0. The molecule has 0 spiro atoms. The molecule has 0 unspecified atom stereocenters. The second-order valence-electron chi connectivity index (χ2n) is 7.67. The van der Waals surface area contributed by atoms with Crippen LogP contribution in [0.3, 0.4) is 0 Å². The van der Waals surface area contributed by atoms with Gasteiger partial charge in [0.25, 0.3) is 0 Å². The first-order valence-electron chi connectivity index (χ1n) is 10.0. The highest BCUT2D eigenvalue weighted by Crippen LogP contribution is 2.21. The highest BCUT2D eigenvalue weighted by atomic mass is 16.2. The van der Waals surface area contributed by atoms with Crippen molar-refractivity contribution in [3.05, 3.63) is 72.7 Å². The standard InChI is InChI=1S/C23H27N5O/c1-26(21-11-13-27(14-12-21)15-18-5-3-2-4-6-18)23(29)28-16-22(25-17-28)19-7-9-20(24)10-8-19/h2-10,16-17,21H,11-15,24H2,1H3. The zero-order chi connectivity index (χ0) is 20.2. The predicted molar refractivity (Wildman–Crippen MR) is 115 cm³/mol. The summed E-state index contributed by atoms with van der Waals surface area (Å²) in [4.78, 5) is 21.6. The zero-order valence-corrected chi connectivity index (χ0v) is 16.7. The first-order valence-corrected chi connectivity index (χ1v) is 10.0. The van der Waals surface area contributed by atoms with Crippen molar-refractivity contribution in [2.75, 3.05) is 25.9 Å². The van der Waals surface area contributed by atoms with E-state index in [1.165, 1.54) is 5.56 Å². The number of hydrogen-bond acceptors (Lipinski definition) is 4. The van der Waals surface area contributed by atoms with Gasteiger partial charge in [0.05, 0.1) is 5.69 Å². The molecule has 1 amide bonds. The number of likely N-dealkylation sites (tertiary alicyclic amines) is 1. The maximum atomic E-state index is 12.9. The van der Waals surface area contributed by atoms with E-state index in [-0.39, 0.29) is 12.1 Å². The van der Waals surface area contributed by atoms with Gasteiger partial charge >= 0.3 is 6.03 Å². The van der Waals surface area contributed by atoms with Crippen molar-refractivity contribution in [3.8, 4) is 11.3 Å². The van der Waals surface area contributed by atoms with Crippen LogP contribution < -0.4 is 5.73 Å². The van der Waals surface area contributed by atoms with E-state index in [1.807, 2.05) is 42.3 Å². The van der Waals surface area contributed by atoms with Crippen LogP contribution in [-0.4, -0.2) is 51.6 Å². The van der Waals surface area contributed by atoms with E-state index in [9.17, 15) is 4.79 Å². The van der Waals surface area contributed by atoms with Crippen LogP contribution >= 0.6 is 0 Å². The Balaban J connectivity index is 1.34. The fraction of sp³-hybridized carbons (Fsp3) is 0.304. The Kier molecular flexibility index (Phi) is 5.62. The van der Waals surface area contributed by atoms with E-state index in [2.05, 4.69) is 34.1 Å². The summed E-state index contributed by atoms with van der Waals surface area (Å²) < 4.78 is 1.57. The lowest BCUT2D eigenvalue weighted by Gasteiger charge is -2.36. The van der Waals surface area contributed by atoms with Crippen molar-refractivity contribution in [1.82, 2.24) is 19.4 Å². The van der Waals surface area contributed by atoms with E-state index in [1.54, 1.807) is 17.1 Å². The maximum absolute atomic E-state index is 12.9. The third-order valence-corrected chi connectivity index (χ3v) is 5.67. The van der Waals surface area contributed by atoms with Gasteiger partial charge in [0, 0.05) is 50.2 Å². The number of nitrogens with zero attached hydrogens (tertiary/aromatic N) is 4. The van der Waals surface area contributed by atoms with Crippen LogP contribution in [0.4, 0.5) is 10.5 Å². The fourth-order valence-corrected chi connectivity index (χ4v) is 3.88. The Hall–Kier alpha value is -3.12. The Morgan fingerprint density at radius 2 is 1.79 bits per heavy atom. The molecule has 2 N–H and O–H groups in total. The average Bonchev–Trinajstić information content (AvgIpc) is 3.25. The number of aromatic nitrogens is 2. The van der Waals surface area contributed by atoms with Crippen LogP contribution in [0.2, 0.25) is 0 Å². The molecule has 0 atom stereocenters. The van der Waals surface area contributed by atoms with Crippen LogP contribution in [0.5, 0.6) is 0 Å². The number of carbonyl (C=O) groups is 1. The Morgan fingerprint density at radius 1 is 1.10 bits per heavy atom. The van der Waals surface area contributed by atoms with Gasteiger partial charge in [-0.1, -0.05) is 42.5 Å². The van der Waals surface area contributed by atoms with Gasteiger partial charge in [-0.25, -0.2) is 9.78 Å². The number of nitrogen functional groups attached to an aromatic ring is 1. The van der Waals surface area contributed by atoms with Crippen molar-refractivity contribution in [2.45, 2.75) is 25.4 Å². The molecule has 3 aromatic rings. The summed E-state index contributed by atoms with van der Waals surface area (Å²) in [6.45, 7) is 2.97. The molecule has 2 aromatic carbocycles. The van der Waals surface area contributed by atoms with Crippen LogP contribution in [-0.2, 0) is 6.54 Å². The molecule has 0 aliphatic carbocycles. The lowest BCUT2D eigenvalue weighted by Crippen LogP contribution is -2.46. The first kappa shape index (κ1) is 19.2. The molecule has 4 rings (SSSR count). The molecule has 1 aromatic heterocycles. The lowest BCUT2D eigenvalue weighted by atomic mass is 10.0. The van der Waals surface area contributed by atoms with Gasteiger partial charge in [0.2, 0.25) is 0 Å². The van der Waals surface area contributed by atoms with Gasteiger partial charge < -0.3 is 10.6 Å². The Bertz CT molecular complexity index is 943. The van der Waals surface area contributed by atoms with Crippen molar-refractivity contribution in [2.24, 2.45) is 0 Å². The summed E-state index contributed by atoms with van der Waals surface area (Å²) >= 11 is 0. The highest BCUT2D eigenvalue weighted by molar-refractivity contribution is 5.78. The summed E-state index contributed by atoms with van der Waals surface area (Å²) in [7, 11) is 1.89. The molecule has 1 fully saturated rings. The first-order chi connectivity index (χ1) is 14.1. The average molecular weight is 390 g/mol. The number of anilines is 1. The molecule has 29 heavy (non-hydrogen) atoms. The van der Waals surface area contributed by atoms with Crippen LogP contribution in [0.15, 0.2) is 67.1 Å². The summed E-state index contributed by atoms with van der Waals surface area (Å²) in [6.07, 6.45) is 5.34. The molecular formula is C23H27N5O. The minimum atomic E-state index is -0.0410. The minimum absolute atomic E-state index is 0.0410. The van der Waals surface area contributed by atoms with E-state index in [0.717, 1.165) is 43.7 Å². The number of amides is 1. The second kappa shape index (κ2) is 8.49. The van der Waals surface area contributed by atoms with Crippen molar-refractivity contribution in [1.29, 1.82) is 0 Å². The maximum Gasteiger partial charge on any atom is 0.329 e. The fourth-order valence-electron chi connectivity index (χ4n) is 3.88. The molecular weight excluding hydrogens is 362 g/mol. The summed E-state index contributed by atoms with van der Waals surface area (Å²) in [5.74, 6) is 0. The van der Waals surface area contributed by atoms with Crippen LogP contribution in [0.1, 0.15) is 18.4 Å². The van der Waals surface area contributed by atoms with E-state index < -0.39 is 0 Å². The normalized spacial score (nSPS) is 15.3. The van der Waals surface area contributed by atoms with Gasteiger partial charge in [-0.05, 0) is 30.5 Å². The quantitative estimate of drug-likeness (QED) is 0.691. The molecule has 6 nitrogen and oxygen atoms in total. The Labute approximate surface area is 171 Å². The predicted octanol–water partition coefficient (Wildman–Crippen LogP) is 3.70. The lowest BCUT2D eigenvalue weighted by molar-refractivity contribution is 0.132. The molecule has 2 heterocycles. The topological polar surface area (TPSA) is 67.4 Å². The largest absolute Gasteiger partial charge is 0.399 e. The summed E-state index contributed by atoms with van der Waals surface area (Å²) in [5.41, 5.74) is 9.51. The molecule has 1 aliphatic heterocycles. The number of rotatable bonds is 4. The van der Waals surface area contributed by atoms with E-state index in [4.69, 9.17) is 5.73 Å². The van der Waals surface area contributed by atoms with Crippen molar-refractivity contribution < 1.29 is 4.79 Å². The van der Waals surface area contributed by atoms with Gasteiger partial charge in [-0.15, -0.1) is 0 Å². The second-order valence-corrected chi connectivity index (χ2v) is 7.67. The number of benzene rings is 2. The monoisotopic (exact) mass is 389 g/mol. The number of carbonyl (C=O) groups excluding carboxylic acids is 1. The minimum Gasteiger partial charge on any atom is -0.399 e. The smallest absolute Gasteiger partial charge is 0.329 e. The number of hydrogen-bond donors (Lipinski definition) is 1.